The number of nitrogens with one attached hydrogen (secondary N) is 1. The second-order valence-electron chi connectivity index (χ2n) is 2.62. The number of nitrogens with two attached hydrogens (primary N) is 1. The van der Waals surface area contributed by atoms with Gasteiger partial charge in [-0.3, -0.25) is 0 Å². The van der Waals surface area contributed by atoms with Crippen molar-refractivity contribution in [3.05, 3.63) is 21.4 Å². The van der Waals surface area contributed by atoms with Crippen LogP contribution in [-0.2, 0) is 0 Å². The van der Waals surface area contributed by atoms with Crippen LogP contribution in [0.25, 0.3) is 0 Å². The summed E-state index contributed by atoms with van der Waals surface area (Å²) in [6.45, 7) is 4.07. The van der Waals surface area contributed by atoms with Crippen molar-refractivity contribution in [1.29, 1.82) is 0 Å². The SMILES string of the molecule is Cc1cc(/C=N/NC(N)=O)sc1C. The highest BCUT2D eigenvalue weighted by molar-refractivity contribution is 7.13. The van der Waals surface area contributed by atoms with Crippen molar-refractivity contribution in [2.75, 3.05) is 0 Å². The van der Waals surface area contributed by atoms with Crippen molar-refractivity contribution in [2.45, 2.75) is 13.8 Å². The number of primary amides is 1. The van der Waals surface area contributed by atoms with E-state index in [2.05, 4.69) is 10.5 Å². The molecule has 0 fully saturated rings. The van der Waals surface area contributed by atoms with Crippen LogP contribution in [0.1, 0.15) is 15.3 Å². The Labute approximate surface area is 80.4 Å². The molecule has 1 aromatic rings. The zero-order valence-electron chi connectivity index (χ0n) is 7.50. The molecule has 0 aromatic carbocycles. The van der Waals surface area contributed by atoms with Crippen molar-refractivity contribution in [2.24, 2.45) is 10.8 Å². The molecule has 2 amide bonds. The summed E-state index contributed by atoms with van der Waals surface area (Å²) in [5.74, 6) is 0. The molecule has 0 bridgehead atoms. The van der Waals surface area contributed by atoms with Crippen molar-refractivity contribution in [3.8, 4) is 0 Å². The first-order valence-electron chi connectivity index (χ1n) is 3.75. The predicted molar refractivity (Wildman–Crippen MR) is 54.1 cm³/mol. The highest BCUT2D eigenvalue weighted by atomic mass is 32.1. The van der Waals surface area contributed by atoms with Gasteiger partial charge in [-0.2, -0.15) is 5.10 Å². The van der Waals surface area contributed by atoms with E-state index in [1.807, 2.05) is 19.9 Å². The first-order valence-corrected chi connectivity index (χ1v) is 4.57. The molecule has 0 aliphatic rings. The zero-order valence-corrected chi connectivity index (χ0v) is 8.31. The number of hydrogen-bond donors (Lipinski definition) is 2. The Hall–Kier alpha value is -1.36. The highest BCUT2D eigenvalue weighted by Crippen LogP contribution is 2.18. The number of carbonyl (C=O) groups excluding carboxylic acids is 1. The minimum absolute atomic E-state index is 0.652. The number of thiophene rings is 1. The number of hydrogen-bond acceptors (Lipinski definition) is 3. The van der Waals surface area contributed by atoms with Gasteiger partial charge in [-0.25, -0.2) is 10.2 Å². The molecule has 13 heavy (non-hydrogen) atoms. The van der Waals surface area contributed by atoms with Crippen molar-refractivity contribution >= 4 is 23.6 Å². The fraction of sp³-hybridized carbons (Fsp3) is 0.250. The summed E-state index contributed by atoms with van der Waals surface area (Å²) in [4.78, 5) is 12.5. The lowest BCUT2D eigenvalue weighted by Gasteiger charge is -1.88. The standard InChI is InChI=1S/C8H11N3OS/c1-5-3-7(13-6(5)2)4-10-11-8(9)12/h3-4H,1-2H3,(H3,9,11,12)/b10-4+. The number of carbonyl (C=O) groups is 1. The van der Waals surface area contributed by atoms with Crippen LogP contribution >= 0.6 is 11.3 Å². The molecule has 1 aromatic heterocycles. The minimum atomic E-state index is -0.652. The lowest BCUT2D eigenvalue weighted by atomic mass is 10.3. The van der Waals surface area contributed by atoms with Gasteiger partial charge in [0.25, 0.3) is 0 Å². The summed E-state index contributed by atoms with van der Waals surface area (Å²) >= 11 is 1.62. The number of nitrogens with zero attached hydrogens (tertiary/aromatic N) is 1. The number of urea groups is 1. The normalized spacial score (nSPS) is 10.6. The molecular formula is C8H11N3OS. The second-order valence-corrected chi connectivity index (χ2v) is 3.91. The van der Waals surface area contributed by atoms with Crippen molar-refractivity contribution < 1.29 is 4.79 Å². The molecule has 3 N–H and O–H groups in total. The Balaban J connectivity index is 2.64. The smallest absolute Gasteiger partial charge is 0.332 e. The summed E-state index contributed by atoms with van der Waals surface area (Å²) in [5, 5.41) is 3.66. The van der Waals surface area contributed by atoms with Gasteiger partial charge in [0.1, 0.15) is 0 Å². The molecule has 5 heteroatoms. The lowest BCUT2D eigenvalue weighted by molar-refractivity contribution is 0.249. The van der Waals surface area contributed by atoms with E-state index in [1.165, 1.54) is 10.4 Å². The molecular weight excluding hydrogens is 186 g/mol. The van der Waals surface area contributed by atoms with E-state index in [4.69, 9.17) is 5.73 Å². The van der Waals surface area contributed by atoms with Crippen LogP contribution < -0.4 is 11.2 Å². The van der Waals surface area contributed by atoms with E-state index in [0.717, 1.165) is 4.88 Å². The van der Waals surface area contributed by atoms with Gasteiger partial charge < -0.3 is 5.73 Å². The summed E-state index contributed by atoms with van der Waals surface area (Å²) in [5.41, 5.74) is 8.20. The number of hydrazone groups is 1. The molecule has 70 valence electrons. The van der Waals surface area contributed by atoms with E-state index in [1.54, 1.807) is 17.6 Å². The van der Waals surface area contributed by atoms with Gasteiger partial charge in [0, 0.05) is 9.75 Å². The van der Waals surface area contributed by atoms with Gasteiger partial charge in [0.15, 0.2) is 0 Å². The predicted octanol–water partition coefficient (Wildman–Crippen LogP) is 1.37. The molecule has 0 atom stereocenters. The van der Waals surface area contributed by atoms with Crippen LogP contribution in [0, 0.1) is 13.8 Å². The monoisotopic (exact) mass is 197 g/mol. The average molecular weight is 197 g/mol. The Bertz CT molecular complexity index is 324. The summed E-state index contributed by atoms with van der Waals surface area (Å²) in [6, 6.07) is 1.35. The fourth-order valence-electron chi connectivity index (χ4n) is 0.825. The third-order valence-corrected chi connectivity index (χ3v) is 2.64. The van der Waals surface area contributed by atoms with Gasteiger partial charge in [0.2, 0.25) is 0 Å². The van der Waals surface area contributed by atoms with Crippen LogP contribution in [0.2, 0.25) is 0 Å². The van der Waals surface area contributed by atoms with Crippen LogP contribution in [0.15, 0.2) is 11.2 Å². The molecule has 0 spiro atoms. The molecule has 0 saturated heterocycles. The molecule has 1 rings (SSSR count). The Kier molecular flexibility index (Phi) is 3.02. The number of amides is 2. The van der Waals surface area contributed by atoms with Crippen LogP contribution in [0.4, 0.5) is 4.79 Å². The molecule has 0 aliphatic heterocycles. The maximum absolute atomic E-state index is 10.3. The topological polar surface area (TPSA) is 67.5 Å². The average Bonchev–Trinajstić information content (AvgIpc) is 2.30. The largest absolute Gasteiger partial charge is 0.350 e. The molecule has 0 saturated carbocycles. The summed E-state index contributed by atoms with van der Waals surface area (Å²) < 4.78 is 0. The lowest BCUT2D eigenvalue weighted by Crippen LogP contribution is -2.24. The first-order chi connectivity index (χ1) is 6.09. The third-order valence-electron chi connectivity index (χ3n) is 1.55. The van der Waals surface area contributed by atoms with Gasteiger partial charge >= 0.3 is 6.03 Å². The van der Waals surface area contributed by atoms with Gasteiger partial charge in [0.05, 0.1) is 6.21 Å². The van der Waals surface area contributed by atoms with E-state index in [-0.39, 0.29) is 0 Å². The first kappa shape index (κ1) is 9.73. The molecule has 0 radical (unpaired) electrons. The van der Waals surface area contributed by atoms with Crippen LogP contribution in [-0.4, -0.2) is 12.2 Å². The molecule has 0 aliphatic carbocycles. The molecule has 4 nitrogen and oxygen atoms in total. The van der Waals surface area contributed by atoms with Crippen LogP contribution in [0.5, 0.6) is 0 Å². The quantitative estimate of drug-likeness (QED) is 0.545. The maximum Gasteiger partial charge on any atom is 0.332 e. The summed E-state index contributed by atoms with van der Waals surface area (Å²) in [7, 11) is 0. The number of rotatable bonds is 2. The van der Waals surface area contributed by atoms with Crippen molar-refractivity contribution in [3.63, 3.8) is 0 Å². The van der Waals surface area contributed by atoms with Crippen LogP contribution in [0.3, 0.4) is 0 Å². The van der Waals surface area contributed by atoms with E-state index >= 15 is 0 Å². The second kappa shape index (κ2) is 4.04. The zero-order chi connectivity index (χ0) is 9.84. The highest BCUT2D eigenvalue weighted by Gasteiger charge is 1.97. The fourth-order valence-corrected chi connectivity index (χ4v) is 1.74. The Morgan fingerprint density at radius 1 is 1.69 bits per heavy atom. The maximum atomic E-state index is 10.3. The third kappa shape index (κ3) is 2.87. The van der Waals surface area contributed by atoms with E-state index in [9.17, 15) is 4.79 Å². The van der Waals surface area contributed by atoms with Crippen molar-refractivity contribution in [1.82, 2.24) is 5.43 Å². The summed E-state index contributed by atoms with van der Waals surface area (Å²) in [6.07, 6.45) is 1.58. The minimum Gasteiger partial charge on any atom is -0.350 e. The molecule has 1 heterocycles. The Morgan fingerprint density at radius 2 is 2.38 bits per heavy atom. The number of aryl methyl sites for hydroxylation is 2. The molecule has 0 unspecified atom stereocenters. The van der Waals surface area contributed by atoms with E-state index < -0.39 is 6.03 Å². The van der Waals surface area contributed by atoms with Gasteiger partial charge in [-0.1, -0.05) is 0 Å². The van der Waals surface area contributed by atoms with Gasteiger partial charge in [-0.15, -0.1) is 11.3 Å². The van der Waals surface area contributed by atoms with E-state index in [0.29, 0.717) is 0 Å². The Morgan fingerprint density at radius 3 is 2.85 bits per heavy atom. The van der Waals surface area contributed by atoms with Gasteiger partial charge in [-0.05, 0) is 25.5 Å².